The highest BCUT2D eigenvalue weighted by molar-refractivity contribution is 6.36. The second kappa shape index (κ2) is 11.2. The van der Waals surface area contributed by atoms with Crippen LogP contribution >= 0.6 is 46.4 Å². The fourth-order valence-electron chi connectivity index (χ4n) is 1.85. The molecule has 150 valence electrons. The van der Waals surface area contributed by atoms with Gasteiger partial charge in [0, 0.05) is 10.0 Å². The Morgan fingerprint density at radius 2 is 1.07 bits per heavy atom. The van der Waals surface area contributed by atoms with Gasteiger partial charge in [0.15, 0.2) is 13.2 Å². The molecule has 28 heavy (non-hydrogen) atoms. The maximum atomic E-state index is 11.6. The Morgan fingerprint density at radius 1 is 0.679 bits per heavy atom. The smallest absolute Gasteiger partial charge is 0.344 e. The van der Waals surface area contributed by atoms with E-state index in [1.54, 1.807) is 12.1 Å². The van der Waals surface area contributed by atoms with Gasteiger partial charge in [-0.2, -0.15) is 0 Å². The van der Waals surface area contributed by atoms with Gasteiger partial charge in [0.25, 0.3) is 0 Å². The van der Waals surface area contributed by atoms with Gasteiger partial charge in [-0.05, 0) is 36.4 Å². The molecule has 0 unspecified atom stereocenters. The van der Waals surface area contributed by atoms with Gasteiger partial charge in [-0.1, -0.05) is 46.4 Å². The number of carbonyl (C=O) groups is 2. The number of esters is 2. The number of carbonyl (C=O) groups excluding carboxylic acids is 2. The molecule has 2 aromatic rings. The van der Waals surface area contributed by atoms with Crippen molar-refractivity contribution in [3.8, 4) is 11.5 Å². The number of ether oxygens (including phenoxy) is 4. The van der Waals surface area contributed by atoms with E-state index in [1.807, 2.05) is 0 Å². The van der Waals surface area contributed by atoms with Crippen LogP contribution in [0, 0.1) is 0 Å². The standard InChI is InChI=1S/C18H14Cl4O6/c19-11-1-3-15(13(21)7-11)27-9-17(23)25-5-6-26-18(24)10-28-16-4-2-12(20)8-14(16)22/h1-4,7-8H,5-6,9-10H2. The summed E-state index contributed by atoms with van der Waals surface area (Å²) >= 11 is 23.4. The zero-order valence-electron chi connectivity index (χ0n) is 14.3. The van der Waals surface area contributed by atoms with Gasteiger partial charge >= 0.3 is 11.9 Å². The molecule has 0 aliphatic carbocycles. The first-order chi connectivity index (χ1) is 13.3. The number of benzene rings is 2. The highest BCUT2D eigenvalue weighted by Gasteiger charge is 2.10. The fraction of sp³-hybridized carbons (Fsp3) is 0.222. The Kier molecular flexibility index (Phi) is 8.99. The van der Waals surface area contributed by atoms with Crippen molar-refractivity contribution in [2.45, 2.75) is 0 Å². The molecule has 0 fully saturated rings. The van der Waals surface area contributed by atoms with Gasteiger partial charge in [-0.25, -0.2) is 9.59 Å². The molecule has 10 heteroatoms. The quantitative estimate of drug-likeness (QED) is 0.388. The molecule has 0 saturated carbocycles. The van der Waals surface area contributed by atoms with Crippen LogP contribution in [0.1, 0.15) is 0 Å². The fourth-order valence-corrected chi connectivity index (χ4v) is 2.78. The van der Waals surface area contributed by atoms with E-state index < -0.39 is 11.9 Å². The monoisotopic (exact) mass is 466 g/mol. The lowest BCUT2D eigenvalue weighted by Gasteiger charge is -2.10. The summed E-state index contributed by atoms with van der Waals surface area (Å²) in [6.45, 7) is -0.977. The molecule has 0 atom stereocenters. The summed E-state index contributed by atoms with van der Waals surface area (Å²) in [5.41, 5.74) is 0. The average Bonchev–Trinajstić information content (AvgIpc) is 2.64. The van der Waals surface area contributed by atoms with Crippen LogP contribution in [0.4, 0.5) is 0 Å². The van der Waals surface area contributed by atoms with Gasteiger partial charge in [0.05, 0.1) is 10.0 Å². The molecule has 0 aliphatic heterocycles. The number of halogens is 4. The van der Waals surface area contributed by atoms with E-state index in [1.165, 1.54) is 24.3 Å². The average molecular weight is 468 g/mol. The molecule has 0 aliphatic rings. The van der Waals surface area contributed by atoms with Gasteiger partial charge in [0.1, 0.15) is 24.7 Å². The summed E-state index contributed by atoms with van der Waals surface area (Å²) in [6, 6.07) is 9.20. The number of hydrogen-bond donors (Lipinski definition) is 0. The second-order valence-electron chi connectivity index (χ2n) is 5.17. The van der Waals surface area contributed by atoms with Crippen LogP contribution in [-0.2, 0) is 19.1 Å². The largest absolute Gasteiger partial charge is 0.480 e. The van der Waals surface area contributed by atoms with E-state index in [0.29, 0.717) is 21.5 Å². The maximum absolute atomic E-state index is 11.6. The van der Waals surface area contributed by atoms with Gasteiger partial charge < -0.3 is 18.9 Å². The van der Waals surface area contributed by atoms with E-state index in [2.05, 4.69) is 0 Å². The van der Waals surface area contributed by atoms with Crippen LogP contribution < -0.4 is 9.47 Å². The van der Waals surface area contributed by atoms with Crippen molar-refractivity contribution < 1.29 is 28.5 Å². The molecular formula is C18H14Cl4O6. The van der Waals surface area contributed by atoms with Crippen molar-refractivity contribution in [3.63, 3.8) is 0 Å². The van der Waals surface area contributed by atoms with Gasteiger partial charge in [0.2, 0.25) is 0 Å². The highest BCUT2D eigenvalue weighted by atomic mass is 35.5. The summed E-state index contributed by atoms with van der Waals surface area (Å²) in [4.78, 5) is 23.2. The molecule has 0 heterocycles. The molecule has 6 nitrogen and oxygen atoms in total. The summed E-state index contributed by atoms with van der Waals surface area (Å²) in [5, 5.41) is 1.44. The van der Waals surface area contributed by atoms with Crippen molar-refractivity contribution >= 4 is 58.3 Å². The number of hydrogen-bond acceptors (Lipinski definition) is 6. The third-order valence-electron chi connectivity index (χ3n) is 3.09. The van der Waals surface area contributed by atoms with Crippen molar-refractivity contribution in [3.05, 3.63) is 56.5 Å². The van der Waals surface area contributed by atoms with Crippen LogP contribution in [0.25, 0.3) is 0 Å². The minimum atomic E-state index is -0.647. The zero-order chi connectivity index (χ0) is 20.5. The molecule has 0 N–H and O–H groups in total. The molecule has 0 saturated heterocycles. The summed E-state index contributed by atoms with van der Waals surface area (Å²) < 4.78 is 20.2. The Morgan fingerprint density at radius 3 is 1.43 bits per heavy atom. The minimum absolute atomic E-state index is 0.135. The molecule has 0 spiro atoms. The van der Waals surface area contributed by atoms with Crippen molar-refractivity contribution in [2.75, 3.05) is 26.4 Å². The Hall–Kier alpha value is -1.86. The lowest BCUT2D eigenvalue weighted by Crippen LogP contribution is -2.21. The van der Waals surface area contributed by atoms with Crippen molar-refractivity contribution in [2.24, 2.45) is 0 Å². The molecule has 0 bridgehead atoms. The zero-order valence-corrected chi connectivity index (χ0v) is 17.3. The van der Waals surface area contributed by atoms with E-state index in [4.69, 9.17) is 65.4 Å². The minimum Gasteiger partial charge on any atom is -0.480 e. The summed E-state index contributed by atoms with van der Waals surface area (Å²) in [5.74, 6) is -0.697. The van der Waals surface area contributed by atoms with E-state index in [9.17, 15) is 9.59 Å². The Labute approximate surface area is 181 Å². The second-order valence-corrected chi connectivity index (χ2v) is 6.86. The molecule has 2 rings (SSSR count). The third kappa shape index (κ3) is 7.64. The van der Waals surface area contributed by atoms with Gasteiger partial charge in [-0.3, -0.25) is 0 Å². The first-order valence-electron chi connectivity index (χ1n) is 7.82. The lowest BCUT2D eigenvalue weighted by molar-refractivity contribution is -0.154. The van der Waals surface area contributed by atoms with Crippen molar-refractivity contribution in [1.82, 2.24) is 0 Å². The van der Waals surface area contributed by atoms with Crippen LogP contribution in [0.15, 0.2) is 36.4 Å². The molecule has 2 aromatic carbocycles. The summed E-state index contributed by atoms with van der Waals surface area (Å²) in [6.07, 6.45) is 0. The topological polar surface area (TPSA) is 71.1 Å². The molecule has 0 amide bonds. The van der Waals surface area contributed by atoms with Crippen LogP contribution in [-0.4, -0.2) is 38.4 Å². The lowest BCUT2D eigenvalue weighted by atomic mass is 10.3. The van der Waals surface area contributed by atoms with Crippen LogP contribution in [0.3, 0.4) is 0 Å². The van der Waals surface area contributed by atoms with E-state index in [-0.39, 0.29) is 36.5 Å². The third-order valence-corrected chi connectivity index (χ3v) is 4.15. The SMILES string of the molecule is O=C(COc1ccc(Cl)cc1Cl)OCCOC(=O)COc1ccc(Cl)cc1Cl. The maximum Gasteiger partial charge on any atom is 0.344 e. The van der Waals surface area contributed by atoms with E-state index >= 15 is 0 Å². The van der Waals surface area contributed by atoms with Crippen LogP contribution in [0.5, 0.6) is 11.5 Å². The van der Waals surface area contributed by atoms with Gasteiger partial charge in [-0.15, -0.1) is 0 Å². The molecule has 0 radical (unpaired) electrons. The molecular weight excluding hydrogens is 454 g/mol. The Bertz CT molecular complexity index is 773. The highest BCUT2D eigenvalue weighted by Crippen LogP contribution is 2.28. The first-order valence-corrected chi connectivity index (χ1v) is 9.33. The van der Waals surface area contributed by atoms with Crippen LogP contribution in [0.2, 0.25) is 20.1 Å². The van der Waals surface area contributed by atoms with E-state index in [0.717, 1.165) is 0 Å². The predicted molar refractivity (Wildman–Crippen MR) is 106 cm³/mol. The Balaban J connectivity index is 1.61. The molecule has 0 aromatic heterocycles. The first kappa shape index (κ1) is 22.4. The normalized spacial score (nSPS) is 10.3. The predicted octanol–water partition coefficient (Wildman–Crippen LogP) is 4.84. The van der Waals surface area contributed by atoms with Crippen molar-refractivity contribution in [1.29, 1.82) is 0 Å². The summed E-state index contributed by atoms with van der Waals surface area (Å²) in [7, 11) is 0. The number of rotatable bonds is 9.